The normalized spacial score (nSPS) is 20.0. The lowest BCUT2D eigenvalue weighted by atomic mass is 10.1. The summed E-state index contributed by atoms with van der Waals surface area (Å²) < 4.78 is 32.5. The summed E-state index contributed by atoms with van der Waals surface area (Å²) in [5.74, 6) is 0.307. The van der Waals surface area contributed by atoms with E-state index in [1.54, 1.807) is 18.2 Å². The molecule has 0 bridgehead atoms. The average molecular weight is 318 g/mol. The van der Waals surface area contributed by atoms with Crippen molar-refractivity contribution in [2.24, 2.45) is 0 Å². The molecule has 112 valence electrons. The van der Waals surface area contributed by atoms with Gasteiger partial charge in [-0.25, -0.2) is 8.42 Å². The zero-order chi connectivity index (χ0) is 15.0. The van der Waals surface area contributed by atoms with Gasteiger partial charge in [0.05, 0.1) is 23.6 Å². The fraction of sp³-hybridized carbons (Fsp3) is 0.571. The highest BCUT2D eigenvalue weighted by atomic mass is 35.5. The van der Waals surface area contributed by atoms with E-state index in [1.807, 2.05) is 20.8 Å². The highest BCUT2D eigenvalue weighted by Crippen LogP contribution is 2.28. The van der Waals surface area contributed by atoms with Crippen LogP contribution in [-0.2, 0) is 20.6 Å². The minimum atomic E-state index is -3.52. The van der Waals surface area contributed by atoms with Crippen LogP contribution in [0.5, 0.6) is 0 Å². The number of halogens is 1. The highest BCUT2D eigenvalue weighted by Gasteiger charge is 2.39. The zero-order valence-electron chi connectivity index (χ0n) is 12.0. The molecule has 1 aliphatic rings. The topological polar surface area (TPSA) is 46.6 Å². The minimum absolute atomic E-state index is 0.300. The highest BCUT2D eigenvalue weighted by molar-refractivity contribution is 7.89. The largest absolute Gasteiger partial charge is 0.378 e. The van der Waals surface area contributed by atoms with Crippen molar-refractivity contribution in [1.29, 1.82) is 0 Å². The Hall–Kier alpha value is -0.620. The van der Waals surface area contributed by atoms with Gasteiger partial charge in [-0.2, -0.15) is 4.31 Å². The summed E-state index contributed by atoms with van der Waals surface area (Å²) in [6.07, 6.45) is 0. The van der Waals surface area contributed by atoms with E-state index >= 15 is 0 Å². The number of sulfonamides is 1. The van der Waals surface area contributed by atoms with E-state index in [4.69, 9.17) is 16.3 Å². The predicted octanol–water partition coefficient (Wildman–Crippen LogP) is 2.53. The Kier molecular flexibility index (Phi) is 4.44. The van der Waals surface area contributed by atoms with Crippen molar-refractivity contribution in [3.05, 3.63) is 29.3 Å². The van der Waals surface area contributed by atoms with Crippen molar-refractivity contribution < 1.29 is 13.2 Å². The standard InChI is InChI=1S/C14H20ClNO3S/c1-11-4-5-13(8-12(11)9-15)20(17,18)16-6-7-19-10-14(16,2)3/h4-5,8H,6-7,9-10H2,1-3H3. The van der Waals surface area contributed by atoms with Crippen LogP contribution in [0, 0.1) is 6.92 Å². The number of ether oxygens (including phenoxy) is 1. The minimum Gasteiger partial charge on any atom is -0.378 e. The van der Waals surface area contributed by atoms with Crippen LogP contribution in [0.1, 0.15) is 25.0 Å². The molecule has 20 heavy (non-hydrogen) atoms. The van der Waals surface area contributed by atoms with E-state index < -0.39 is 15.6 Å². The van der Waals surface area contributed by atoms with Gasteiger partial charge >= 0.3 is 0 Å². The molecule has 0 N–H and O–H groups in total. The fourth-order valence-electron chi connectivity index (χ4n) is 2.37. The molecular formula is C14H20ClNO3S. The molecule has 0 aromatic heterocycles. The van der Waals surface area contributed by atoms with E-state index in [0.29, 0.717) is 30.5 Å². The summed E-state index contributed by atoms with van der Waals surface area (Å²) in [5.41, 5.74) is 1.31. The van der Waals surface area contributed by atoms with Crippen molar-refractivity contribution in [1.82, 2.24) is 4.31 Å². The molecule has 1 aromatic carbocycles. The Morgan fingerprint density at radius 3 is 2.70 bits per heavy atom. The monoisotopic (exact) mass is 317 g/mol. The van der Waals surface area contributed by atoms with Crippen LogP contribution in [0.2, 0.25) is 0 Å². The molecule has 1 aromatic rings. The van der Waals surface area contributed by atoms with Gasteiger partial charge in [0.2, 0.25) is 10.0 Å². The maximum atomic E-state index is 12.8. The Morgan fingerprint density at radius 2 is 2.10 bits per heavy atom. The SMILES string of the molecule is Cc1ccc(S(=O)(=O)N2CCOCC2(C)C)cc1CCl. The van der Waals surface area contributed by atoms with Crippen LogP contribution in [0.3, 0.4) is 0 Å². The third-order valence-electron chi connectivity index (χ3n) is 3.62. The van der Waals surface area contributed by atoms with Crippen LogP contribution < -0.4 is 0 Å². The van der Waals surface area contributed by atoms with Crippen LogP contribution >= 0.6 is 11.6 Å². The fourth-order valence-corrected chi connectivity index (χ4v) is 4.46. The molecule has 1 saturated heterocycles. The van der Waals surface area contributed by atoms with Gasteiger partial charge in [-0.05, 0) is 44.0 Å². The Bertz CT molecular complexity index is 598. The maximum absolute atomic E-state index is 12.8. The molecule has 0 unspecified atom stereocenters. The first-order valence-corrected chi connectivity index (χ1v) is 8.52. The zero-order valence-corrected chi connectivity index (χ0v) is 13.6. The summed E-state index contributed by atoms with van der Waals surface area (Å²) in [6.45, 7) is 6.88. The van der Waals surface area contributed by atoms with Crippen molar-refractivity contribution in [2.75, 3.05) is 19.8 Å². The lowest BCUT2D eigenvalue weighted by Gasteiger charge is -2.40. The lowest BCUT2D eigenvalue weighted by Crippen LogP contribution is -2.55. The smallest absolute Gasteiger partial charge is 0.243 e. The molecule has 2 rings (SSSR count). The van der Waals surface area contributed by atoms with Gasteiger partial charge in [0.1, 0.15) is 0 Å². The summed E-state index contributed by atoms with van der Waals surface area (Å²) in [5, 5.41) is 0. The van der Waals surface area contributed by atoms with E-state index in [9.17, 15) is 8.42 Å². The Labute approximate surface area is 125 Å². The summed E-state index contributed by atoms with van der Waals surface area (Å²) in [4.78, 5) is 0.300. The molecule has 1 aliphatic heterocycles. The number of benzene rings is 1. The van der Waals surface area contributed by atoms with Crippen molar-refractivity contribution in [2.45, 2.75) is 37.1 Å². The predicted molar refractivity (Wildman–Crippen MR) is 79.5 cm³/mol. The molecular weight excluding hydrogens is 298 g/mol. The molecule has 1 heterocycles. The second-order valence-corrected chi connectivity index (χ2v) is 7.79. The van der Waals surface area contributed by atoms with Crippen LogP contribution in [0.15, 0.2) is 23.1 Å². The first kappa shape index (κ1) is 15.8. The number of hydrogen-bond acceptors (Lipinski definition) is 3. The second kappa shape index (κ2) is 5.64. The number of hydrogen-bond donors (Lipinski definition) is 0. The Morgan fingerprint density at radius 1 is 1.40 bits per heavy atom. The van der Waals surface area contributed by atoms with Crippen LogP contribution in [0.25, 0.3) is 0 Å². The summed E-state index contributed by atoms with van der Waals surface area (Å²) in [6, 6.07) is 5.12. The third-order valence-corrected chi connectivity index (χ3v) is 6.02. The van der Waals surface area contributed by atoms with E-state index in [1.165, 1.54) is 4.31 Å². The number of alkyl halides is 1. The molecule has 0 radical (unpaired) electrons. The first-order chi connectivity index (χ1) is 9.29. The molecule has 0 spiro atoms. The van der Waals surface area contributed by atoms with Crippen LogP contribution in [0.4, 0.5) is 0 Å². The average Bonchev–Trinajstić information content (AvgIpc) is 2.38. The lowest BCUT2D eigenvalue weighted by molar-refractivity contribution is -0.00771. The van der Waals surface area contributed by atoms with Gasteiger partial charge in [-0.3, -0.25) is 0 Å². The quantitative estimate of drug-likeness (QED) is 0.805. The maximum Gasteiger partial charge on any atom is 0.243 e. The number of aryl methyl sites for hydroxylation is 1. The summed E-state index contributed by atoms with van der Waals surface area (Å²) in [7, 11) is -3.52. The van der Waals surface area contributed by atoms with E-state index in [-0.39, 0.29) is 0 Å². The Balaban J connectivity index is 2.44. The van der Waals surface area contributed by atoms with Crippen molar-refractivity contribution >= 4 is 21.6 Å². The molecule has 6 heteroatoms. The van der Waals surface area contributed by atoms with Crippen molar-refractivity contribution in [3.8, 4) is 0 Å². The van der Waals surface area contributed by atoms with Gasteiger partial charge in [0.25, 0.3) is 0 Å². The number of morpholine rings is 1. The molecule has 0 atom stereocenters. The number of rotatable bonds is 3. The van der Waals surface area contributed by atoms with Gasteiger partial charge in [-0.15, -0.1) is 11.6 Å². The van der Waals surface area contributed by atoms with Gasteiger partial charge < -0.3 is 4.74 Å². The second-order valence-electron chi connectivity index (χ2n) is 5.66. The summed E-state index contributed by atoms with van der Waals surface area (Å²) >= 11 is 5.87. The van der Waals surface area contributed by atoms with Gasteiger partial charge in [0, 0.05) is 12.4 Å². The molecule has 0 saturated carbocycles. The van der Waals surface area contributed by atoms with Crippen LogP contribution in [-0.4, -0.2) is 38.0 Å². The molecule has 1 fully saturated rings. The molecule has 0 amide bonds. The van der Waals surface area contributed by atoms with Gasteiger partial charge in [-0.1, -0.05) is 6.07 Å². The molecule has 4 nitrogen and oxygen atoms in total. The van der Waals surface area contributed by atoms with Crippen molar-refractivity contribution in [3.63, 3.8) is 0 Å². The van der Waals surface area contributed by atoms with Gasteiger partial charge in [0.15, 0.2) is 0 Å². The molecule has 0 aliphatic carbocycles. The first-order valence-electron chi connectivity index (χ1n) is 6.55. The third kappa shape index (κ3) is 2.86. The number of nitrogens with zero attached hydrogens (tertiary/aromatic N) is 1. The van der Waals surface area contributed by atoms with E-state index in [2.05, 4.69) is 0 Å². The van der Waals surface area contributed by atoms with E-state index in [0.717, 1.165) is 11.1 Å².